The van der Waals surface area contributed by atoms with Crippen LogP contribution in [-0.4, -0.2) is 45.2 Å². The maximum absolute atomic E-state index is 13.5. The Morgan fingerprint density at radius 1 is 1.31 bits per heavy atom. The second kappa shape index (κ2) is 10.8. The highest BCUT2D eigenvalue weighted by molar-refractivity contribution is 6.32. The van der Waals surface area contributed by atoms with E-state index in [0.717, 1.165) is 5.56 Å². The summed E-state index contributed by atoms with van der Waals surface area (Å²) in [6, 6.07) is 9.67. The molecule has 0 spiro atoms. The van der Waals surface area contributed by atoms with Crippen molar-refractivity contribution in [2.75, 3.05) is 34.4 Å². The normalized spacial score (nSPS) is 12.2. The molecule has 0 fully saturated rings. The van der Waals surface area contributed by atoms with E-state index in [1.54, 1.807) is 24.3 Å². The van der Waals surface area contributed by atoms with Gasteiger partial charge in [-0.1, -0.05) is 23.7 Å². The first kappa shape index (κ1) is 22.7. The molecule has 29 heavy (non-hydrogen) atoms. The van der Waals surface area contributed by atoms with Gasteiger partial charge in [-0.3, -0.25) is 4.79 Å². The Kier molecular flexibility index (Phi) is 8.49. The van der Waals surface area contributed by atoms with Gasteiger partial charge in [0, 0.05) is 12.6 Å². The third-order valence-corrected chi connectivity index (χ3v) is 4.57. The molecule has 0 aromatic heterocycles. The molecule has 0 heterocycles. The Hall–Kier alpha value is -2.57. The van der Waals surface area contributed by atoms with Gasteiger partial charge in [0.15, 0.2) is 11.5 Å². The average Bonchev–Trinajstić information content (AvgIpc) is 2.66. The van der Waals surface area contributed by atoms with Crippen molar-refractivity contribution in [2.45, 2.75) is 13.0 Å². The number of likely N-dealkylation sites (N-methyl/N-ethyl adjacent to an activating group) is 1. The van der Waals surface area contributed by atoms with E-state index in [-0.39, 0.29) is 17.8 Å². The monoisotopic (exact) mass is 420 g/mol. The van der Waals surface area contributed by atoms with Crippen molar-refractivity contribution >= 4 is 23.6 Å². The molecule has 0 radical (unpaired) electrons. The standard InChI is InChI=1S/C22H26ClFN2O3/c1-5-29-20-12-15(11-18(23)22(20)28-4)9-10-21(27)25-14-19(26(2)3)16-7-6-8-17(24)13-16/h6-13,19H,5,14H2,1-4H3,(H,25,27)/b10-9+. The Labute approximate surface area is 176 Å². The van der Waals surface area contributed by atoms with Crippen LogP contribution in [0.3, 0.4) is 0 Å². The summed E-state index contributed by atoms with van der Waals surface area (Å²) in [5.41, 5.74) is 1.51. The fourth-order valence-corrected chi connectivity index (χ4v) is 3.18. The summed E-state index contributed by atoms with van der Waals surface area (Å²) in [6.07, 6.45) is 3.07. The number of rotatable bonds is 9. The predicted octanol–water partition coefficient (Wildman–Crippen LogP) is 4.32. The van der Waals surface area contributed by atoms with Gasteiger partial charge in [-0.05, 0) is 62.5 Å². The van der Waals surface area contributed by atoms with Crippen LogP contribution in [0.1, 0.15) is 24.1 Å². The molecule has 2 aromatic rings. The Balaban J connectivity index is 2.07. The number of methoxy groups -OCH3 is 1. The lowest BCUT2D eigenvalue weighted by Gasteiger charge is -2.25. The first-order valence-corrected chi connectivity index (χ1v) is 9.61. The zero-order chi connectivity index (χ0) is 21.4. The van der Waals surface area contributed by atoms with Gasteiger partial charge in [0.2, 0.25) is 5.91 Å². The first-order chi connectivity index (χ1) is 13.8. The second-order valence-corrected chi connectivity index (χ2v) is 6.99. The van der Waals surface area contributed by atoms with E-state index in [1.807, 2.05) is 32.0 Å². The lowest BCUT2D eigenvalue weighted by atomic mass is 10.1. The molecule has 0 saturated carbocycles. The Morgan fingerprint density at radius 2 is 2.07 bits per heavy atom. The molecule has 1 amide bonds. The quantitative estimate of drug-likeness (QED) is 0.614. The van der Waals surface area contributed by atoms with Gasteiger partial charge in [-0.15, -0.1) is 0 Å². The molecule has 1 unspecified atom stereocenters. The number of halogens is 2. The van der Waals surface area contributed by atoms with Gasteiger partial charge >= 0.3 is 0 Å². The van der Waals surface area contributed by atoms with Crippen molar-refractivity contribution in [3.8, 4) is 11.5 Å². The van der Waals surface area contributed by atoms with Gasteiger partial charge in [0.1, 0.15) is 5.82 Å². The molecule has 156 valence electrons. The molecular formula is C22H26ClFN2O3. The molecule has 0 saturated heterocycles. The summed E-state index contributed by atoms with van der Waals surface area (Å²) >= 11 is 6.23. The van der Waals surface area contributed by atoms with Crippen LogP contribution in [0.5, 0.6) is 11.5 Å². The summed E-state index contributed by atoms with van der Waals surface area (Å²) in [4.78, 5) is 14.2. The molecule has 2 rings (SSSR count). The lowest BCUT2D eigenvalue weighted by Crippen LogP contribution is -2.33. The summed E-state index contributed by atoms with van der Waals surface area (Å²) in [7, 11) is 5.28. The van der Waals surface area contributed by atoms with E-state index in [2.05, 4.69) is 5.32 Å². The first-order valence-electron chi connectivity index (χ1n) is 9.23. The molecule has 0 aliphatic carbocycles. The van der Waals surface area contributed by atoms with Gasteiger partial charge in [0.05, 0.1) is 24.8 Å². The molecule has 0 aliphatic heterocycles. The third kappa shape index (κ3) is 6.48. The van der Waals surface area contributed by atoms with Crippen LogP contribution < -0.4 is 14.8 Å². The van der Waals surface area contributed by atoms with Gasteiger partial charge in [-0.2, -0.15) is 0 Å². The van der Waals surface area contributed by atoms with E-state index in [0.29, 0.717) is 35.2 Å². The summed E-state index contributed by atoms with van der Waals surface area (Å²) in [5.74, 6) is 0.403. The Bertz CT molecular complexity index is 871. The van der Waals surface area contributed by atoms with Crippen LogP contribution in [0, 0.1) is 5.82 Å². The number of nitrogens with one attached hydrogen (secondary N) is 1. The lowest BCUT2D eigenvalue weighted by molar-refractivity contribution is -0.116. The van der Waals surface area contributed by atoms with E-state index in [9.17, 15) is 9.18 Å². The van der Waals surface area contributed by atoms with Crippen molar-refractivity contribution in [2.24, 2.45) is 0 Å². The van der Waals surface area contributed by atoms with Gasteiger partial charge in [0.25, 0.3) is 0 Å². The van der Waals surface area contributed by atoms with Crippen LogP contribution >= 0.6 is 11.6 Å². The molecule has 0 aliphatic rings. The number of benzene rings is 2. The van der Waals surface area contributed by atoms with Crippen LogP contribution in [0.15, 0.2) is 42.5 Å². The fourth-order valence-electron chi connectivity index (χ4n) is 2.89. The minimum Gasteiger partial charge on any atom is -0.491 e. The molecule has 1 N–H and O–H groups in total. The summed E-state index contributed by atoms with van der Waals surface area (Å²) in [6.45, 7) is 2.67. The number of carbonyl (C=O) groups excluding carboxylic acids is 1. The van der Waals surface area contributed by atoms with Gasteiger partial charge < -0.3 is 19.7 Å². The predicted molar refractivity (Wildman–Crippen MR) is 114 cm³/mol. The number of ether oxygens (including phenoxy) is 2. The zero-order valence-corrected chi connectivity index (χ0v) is 17.8. The third-order valence-electron chi connectivity index (χ3n) is 4.29. The van der Waals surface area contributed by atoms with Crippen molar-refractivity contribution in [3.05, 3.63) is 64.4 Å². The van der Waals surface area contributed by atoms with Gasteiger partial charge in [-0.25, -0.2) is 4.39 Å². The molecule has 5 nitrogen and oxygen atoms in total. The summed E-state index contributed by atoms with van der Waals surface area (Å²) in [5, 5.41) is 3.25. The van der Waals surface area contributed by atoms with Crippen LogP contribution in [0.4, 0.5) is 4.39 Å². The minimum absolute atomic E-state index is 0.150. The van der Waals surface area contributed by atoms with E-state index >= 15 is 0 Å². The van der Waals surface area contributed by atoms with Crippen molar-refractivity contribution < 1.29 is 18.7 Å². The molecule has 1 atom stereocenters. The maximum Gasteiger partial charge on any atom is 0.244 e. The molecule has 7 heteroatoms. The minimum atomic E-state index is -0.304. The average molecular weight is 421 g/mol. The fraction of sp³-hybridized carbons (Fsp3) is 0.318. The van der Waals surface area contributed by atoms with E-state index < -0.39 is 0 Å². The smallest absolute Gasteiger partial charge is 0.244 e. The number of hydrogen-bond donors (Lipinski definition) is 1. The van der Waals surface area contributed by atoms with E-state index in [1.165, 1.54) is 25.3 Å². The highest BCUT2D eigenvalue weighted by atomic mass is 35.5. The maximum atomic E-state index is 13.5. The SMILES string of the molecule is CCOc1cc(/C=C/C(=O)NCC(c2cccc(F)c2)N(C)C)cc(Cl)c1OC. The molecular weight excluding hydrogens is 395 g/mol. The number of hydrogen-bond acceptors (Lipinski definition) is 4. The highest BCUT2D eigenvalue weighted by Gasteiger charge is 2.15. The van der Waals surface area contributed by atoms with Crippen molar-refractivity contribution in [3.63, 3.8) is 0 Å². The number of amides is 1. The molecule has 2 aromatic carbocycles. The van der Waals surface area contributed by atoms with Crippen LogP contribution in [-0.2, 0) is 4.79 Å². The zero-order valence-electron chi connectivity index (χ0n) is 17.0. The van der Waals surface area contributed by atoms with Crippen molar-refractivity contribution in [1.82, 2.24) is 10.2 Å². The Morgan fingerprint density at radius 3 is 2.69 bits per heavy atom. The largest absolute Gasteiger partial charge is 0.491 e. The molecule has 0 bridgehead atoms. The number of carbonyl (C=O) groups is 1. The summed E-state index contributed by atoms with van der Waals surface area (Å²) < 4.78 is 24.3. The second-order valence-electron chi connectivity index (χ2n) is 6.58. The van der Waals surface area contributed by atoms with E-state index in [4.69, 9.17) is 21.1 Å². The topological polar surface area (TPSA) is 50.8 Å². The van der Waals surface area contributed by atoms with Crippen LogP contribution in [0.2, 0.25) is 5.02 Å². The van der Waals surface area contributed by atoms with Crippen molar-refractivity contribution in [1.29, 1.82) is 0 Å². The number of nitrogens with zero attached hydrogens (tertiary/aromatic N) is 1. The highest BCUT2D eigenvalue weighted by Crippen LogP contribution is 2.36. The van der Waals surface area contributed by atoms with Crippen LogP contribution in [0.25, 0.3) is 6.08 Å².